The third-order valence-corrected chi connectivity index (χ3v) is 0. The highest BCUT2D eigenvalue weighted by Crippen LogP contribution is 1.15. The lowest BCUT2D eigenvalue weighted by atomic mass is 11.0. The van der Waals surface area contributed by atoms with E-state index in [-0.39, 0.29) is 29.7 Å². The predicted octanol–water partition coefficient (Wildman–Crippen LogP) is 6.65. The molecule has 0 rings (SSSR count). The molecule has 0 saturated carbocycles. The second kappa shape index (κ2) is 0. The van der Waals surface area contributed by atoms with Gasteiger partial charge in [-0.2, -0.15) is 0 Å². The first-order chi connectivity index (χ1) is 4.00. The lowest BCUT2D eigenvalue weighted by Gasteiger charge is -1.07. The van der Waals surface area contributed by atoms with Gasteiger partial charge in [0.25, 0.3) is 0 Å². The van der Waals surface area contributed by atoms with Crippen LogP contribution in [0.4, 0.5) is 0 Å². The van der Waals surface area contributed by atoms with Gasteiger partial charge < -0.3 is 0 Å². The highest BCUT2D eigenvalue weighted by molar-refractivity contribution is 3.51. The molecule has 0 radical (unpaired) electrons. The number of rotatable bonds is 0. The van der Waals surface area contributed by atoms with Crippen LogP contribution in [0.5, 0.6) is 0 Å². The van der Waals surface area contributed by atoms with E-state index in [4.69, 9.17) is 0 Å². The lowest BCUT2D eigenvalue weighted by molar-refractivity contribution is 1.50. The van der Waals surface area contributed by atoms with Gasteiger partial charge in [-0.15, -0.1) is 0 Å². The molecule has 0 aromatic rings. The summed E-state index contributed by atoms with van der Waals surface area (Å²) in [5, 5.41) is 0. The molecule has 0 unspecified atom stereocenters. The largest absolute Gasteiger partial charge is 0.0776 e. The quantitative estimate of drug-likeness (QED) is 0.395. The zero-order valence-electron chi connectivity index (χ0n) is 8.00. The van der Waals surface area contributed by atoms with Crippen LogP contribution in [0.1, 0.15) is 85.1 Å². The minimum atomic E-state index is 0. The molecule has 0 bridgehead atoms. The van der Waals surface area contributed by atoms with Crippen LogP contribution < -0.4 is 0 Å². The molecule has 0 saturated heterocycles. The third-order valence-electron chi connectivity index (χ3n) is 0. The van der Waals surface area contributed by atoms with E-state index in [1.54, 1.807) is 0 Å². The Balaban J connectivity index is -0.00000000267. The van der Waals surface area contributed by atoms with Crippen molar-refractivity contribution in [2.24, 2.45) is 0 Å². The smallest absolute Gasteiger partial charge is 0.0683 e. The normalized spacial score (nSPS) is 2.00. The van der Waals surface area contributed by atoms with Crippen LogP contribution in [0.15, 0.2) is 0 Å². The Morgan fingerprint density at radius 3 is 0.250 bits per heavy atom. The summed E-state index contributed by atoms with van der Waals surface area (Å²) in [6.45, 7) is 16.0. The summed E-state index contributed by atoms with van der Waals surface area (Å²) in [6, 6.07) is 0. The number of hydrogen-bond acceptors (Lipinski definition) is 0. The van der Waals surface area contributed by atoms with Gasteiger partial charge >= 0.3 is 0 Å². The topological polar surface area (TPSA) is 0 Å². The van der Waals surface area contributed by atoms with Crippen LogP contribution in [0.3, 0.4) is 0 Å². The van der Waals surface area contributed by atoms with Gasteiger partial charge in [-0.1, -0.05) is 85.1 Å². The summed E-state index contributed by atoms with van der Waals surface area (Å²) in [5.74, 6) is 0. The van der Waals surface area contributed by atoms with E-state index in [0.717, 1.165) is 0 Å². The van der Waals surface area contributed by atoms with Crippen LogP contribution in [-0.2, 0) is 0 Å². The fraction of sp³-hybridized carbons (Fsp3) is 1.00. The van der Waals surface area contributed by atoms with Gasteiger partial charge in [-0.3, -0.25) is 0 Å². The van der Waals surface area contributed by atoms with Crippen molar-refractivity contribution in [1.82, 2.24) is 0 Å². The molecule has 0 fully saturated rings. The van der Waals surface area contributed by atoms with Gasteiger partial charge in [0.05, 0.1) is 0 Å². The van der Waals surface area contributed by atoms with Crippen LogP contribution >= 0.6 is 0 Å². The summed E-state index contributed by atoms with van der Waals surface area (Å²) in [5.41, 5.74) is 0. The van der Waals surface area contributed by atoms with Gasteiger partial charge in [-0.25, -0.2) is 0 Å². The highest BCUT2D eigenvalue weighted by atomic mass is 13.0. The van der Waals surface area contributed by atoms with Gasteiger partial charge in [0.2, 0.25) is 0 Å². The molecule has 0 N–H and O–H groups in total. The first-order valence-electron chi connectivity index (χ1n) is 4.00. The molecule has 0 amide bonds. The second-order valence-corrected chi connectivity index (χ2v) is 0. The maximum Gasteiger partial charge on any atom is -0.0683 e. The zero-order chi connectivity index (χ0) is 8.00. The molecule has 88 valence electrons. The van der Waals surface area contributed by atoms with Crippen molar-refractivity contribution in [2.75, 3.05) is 0 Å². The standard InChI is InChI=1S/4C2H6.4CH4/c4*1-2;;;;/h4*1-2H3;4*1H4. The molecular weight excluding hydrogens is 144 g/mol. The van der Waals surface area contributed by atoms with Crippen LogP contribution in [0.25, 0.3) is 0 Å². The van der Waals surface area contributed by atoms with Crippen molar-refractivity contribution in [3.63, 3.8) is 0 Å². The van der Waals surface area contributed by atoms with E-state index in [9.17, 15) is 0 Å². The van der Waals surface area contributed by atoms with Crippen molar-refractivity contribution in [3.8, 4) is 0 Å². The minimum absolute atomic E-state index is 0. The highest BCUT2D eigenvalue weighted by Gasteiger charge is 0.938. The van der Waals surface area contributed by atoms with E-state index in [1.165, 1.54) is 0 Å². The van der Waals surface area contributed by atoms with Crippen molar-refractivity contribution < 1.29 is 0 Å². The second-order valence-electron chi connectivity index (χ2n) is 0. The van der Waals surface area contributed by atoms with Gasteiger partial charge in [0.15, 0.2) is 0 Å². The van der Waals surface area contributed by atoms with E-state index < -0.39 is 0 Å². The average Bonchev–Trinajstić information content (AvgIpc) is 2.03. The molecule has 0 aromatic heterocycles. The Bertz CT molecular complexity index is 0. The van der Waals surface area contributed by atoms with Gasteiger partial charge in [-0.05, 0) is 0 Å². The molecule has 0 aliphatic carbocycles. The monoisotopic (exact) mass is 184 g/mol. The van der Waals surface area contributed by atoms with E-state index in [1.807, 2.05) is 55.4 Å². The van der Waals surface area contributed by atoms with Gasteiger partial charge in [0.1, 0.15) is 0 Å². The molecular formula is C12H40. The maximum absolute atomic E-state index is 2.00. The Kier molecular flexibility index (Phi) is 0. The van der Waals surface area contributed by atoms with Crippen molar-refractivity contribution >= 4 is 0 Å². The SMILES string of the molecule is C.C.C.C.CC.CC.CC.CC. The van der Waals surface area contributed by atoms with E-state index >= 15 is 0 Å². The Morgan fingerprint density at radius 2 is 0.250 bits per heavy atom. The van der Waals surface area contributed by atoms with E-state index in [2.05, 4.69) is 0 Å². The summed E-state index contributed by atoms with van der Waals surface area (Å²) in [7, 11) is 0. The van der Waals surface area contributed by atoms with Crippen LogP contribution in [0, 0.1) is 0 Å². The summed E-state index contributed by atoms with van der Waals surface area (Å²) >= 11 is 0. The fourth-order valence-electron chi connectivity index (χ4n) is 0. The van der Waals surface area contributed by atoms with Crippen molar-refractivity contribution in [1.29, 1.82) is 0 Å². The number of hydrogen-bond donors (Lipinski definition) is 0. The molecule has 0 aliphatic rings. The molecule has 0 aromatic carbocycles. The zero-order valence-corrected chi connectivity index (χ0v) is 8.00. The average molecular weight is 184 g/mol. The lowest BCUT2D eigenvalue weighted by Crippen LogP contribution is -0.856. The summed E-state index contributed by atoms with van der Waals surface area (Å²) < 4.78 is 0. The third kappa shape index (κ3) is 0. The summed E-state index contributed by atoms with van der Waals surface area (Å²) in [6.07, 6.45) is 0. The predicted molar refractivity (Wildman–Crippen MR) is 72.3 cm³/mol. The molecule has 0 aliphatic heterocycles. The van der Waals surface area contributed by atoms with Crippen molar-refractivity contribution in [2.45, 2.75) is 85.1 Å². The first kappa shape index (κ1) is 90.8. The van der Waals surface area contributed by atoms with Crippen molar-refractivity contribution in [3.05, 3.63) is 0 Å². The van der Waals surface area contributed by atoms with E-state index in [0.29, 0.717) is 0 Å². The molecule has 12 heavy (non-hydrogen) atoms. The minimum Gasteiger partial charge on any atom is -0.0776 e. The molecule has 0 spiro atoms. The first-order valence-corrected chi connectivity index (χ1v) is 4.00. The maximum atomic E-state index is 2.00. The fourth-order valence-corrected chi connectivity index (χ4v) is 0. The van der Waals surface area contributed by atoms with Crippen LogP contribution in [-0.4, -0.2) is 0 Å². The molecule has 0 nitrogen and oxygen atoms in total. The Morgan fingerprint density at radius 1 is 0.250 bits per heavy atom. The Labute approximate surface area is 85.8 Å². The molecule has 0 atom stereocenters. The van der Waals surface area contributed by atoms with Crippen LogP contribution in [0.2, 0.25) is 0 Å². The Hall–Kier alpha value is 0. The molecule has 0 heterocycles. The summed E-state index contributed by atoms with van der Waals surface area (Å²) in [4.78, 5) is 0. The molecule has 0 heteroatoms. The van der Waals surface area contributed by atoms with Gasteiger partial charge in [0, 0.05) is 0 Å².